The van der Waals surface area contributed by atoms with Crippen molar-refractivity contribution < 1.29 is 14.7 Å². The van der Waals surface area contributed by atoms with Crippen LogP contribution in [0.15, 0.2) is 16.8 Å². The number of amides is 1. The van der Waals surface area contributed by atoms with Gasteiger partial charge in [0.2, 0.25) is 5.91 Å². The lowest BCUT2D eigenvalue weighted by Crippen LogP contribution is -2.43. The van der Waals surface area contributed by atoms with Gasteiger partial charge in [0.05, 0.1) is 0 Å². The average molecular weight is 269 g/mol. The second kappa shape index (κ2) is 6.54. The number of rotatable bonds is 7. The van der Waals surface area contributed by atoms with Crippen LogP contribution >= 0.6 is 11.3 Å². The molecule has 100 valence electrons. The molecule has 1 aromatic rings. The highest BCUT2D eigenvalue weighted by atomic mass is 32.1. The van der Waals surface area contributed by atoms with Crippen LogP contribution in [0, 0.1) is 0 Å². The van der Waals surface area contributed by atoms with Crippen molar-refractivity contribution in [1.29, 1.82) is 0 Å². The van der Waals surface area contributed by atoms with Gasteiger partial charge in [-0.1, -0.05) is 0 Å². The number of hydrogen-bond acceptors (Lipinski definition) is 3. The lowest BCUT2D eigenvalue weighted by atomic mass is 9.98. The van der Waals surface area contributed by atoms with E-state index in [9.17, 15) is 9.59 Å². The predicted octanol–water partition coefficient (Wildman–Crippen LogP) is 2.44. The number of carboxylic acids is 1. The third-order valence-corrected chi connectivity index (χ3v) is 3.39. The average Bonchev–Trinajstić information content (AvgIpc) is 2.76. The molecule has 0 bridgehead atoms. The van der Waals surface area contributed by atoms with Crippen LogP contribution in [-0.2, 0) is 16.0 Å². The molecule has 0 spiro atoms. The summed E-state index contributed by atoms with van der Waals surface area (Å²) in [6.07, 6.45) is 1.67. The molecule has 1 amide bonds. The van der Waals surface area contributed by atoms with Crippen molar-refractivity contribution >= 4 is 23.2 Å². The number of carbonyl (C=O) groups is 2. The van der Waals surface area contributed by atoms with Crippen molar-refractivity contribution in [3.8, 4) is 0 Å². The minimum atomic E-state index is -0.837. The van der Waals surface area contributed by atoms with E-state index in [-0.39, 0.29) is 12.3 Å². The molecular weight excluding hydrogens is 250 g/mol. The highest BCUT2D eigenvalue weighted by molar-refractivity contribution is 7.07. The van der Waals surface area contributed by atoms with E-state index >= 15 is 0 Å². The molecule has 0 saturated carbocycles. The Morgan fingerprint density at radius 1 is 1.39 bits per heavy atom. The van der Waals surface area contributed by atoms with Gasteiger partial charge >= 0.3 is 5.97 Å². The third kappa shape index (κ3) is 5.82. The standard InChI is InChI=1S/C13H19NO3S/c1-13(2,7-5-12(16)17)14-11(15)4-3-10-6-8-18-9-10/h6,8-9H,3-5,7H2,1-2H3,(H,14,15)(H,16,17). The lowest BCUT2D eigenvalue weighted by molar-refractivity contribution is -0.137. The zero-order valence-electron chi connectivity index (χ0n) is 10.7. The first kappa shape index (κ1) is 14.7. The second-order valence-electron chi connectivity index (χ2n) is 4.96. The van der Waals surface area contributed by atoms with E-state index < -0.39 is 11.5 Å². The van der Waals surface area contributed by atoms with Crippen LogP contribution in [-0.4, -0.2) is 22.5 Å². The zero-order chi connectivity index (χ0) is 13.6. The van der Waals surface area contributed by atoms with E-state index in [0.717, 1.165) is 6.42 Å². The van der Waals surface area contributed by atoms with Crippen molar-refractivity contribution in [3.05, 3.63) is 22.4 Å². The van der Waals surface area contributed by atoms with Crippen LogP contribution in [0.3, 0.4) is 0 Å². The molecule has 2 N–H and O–H groups in total. The molecule has 0 fully saturated rings. The lowest BCUT2D eigenvalue weighted by Gasteiger charge is -2.25. The zero-order valence-corrected chi connectivity index (χ0v) is 11.5. The summed E-state index contributed by atoms with van der Waals surface area (Å²) in [7, 11) is 0. The number of thiophene rings is 1. The maximum Gasteiger partial charge on any atom is 0.303 e. The number of aliphatic carboxylic acids is 1. The first-order valence-corrected chi connectivity index (χ1v) is 6.87. The van der Waals surface area contributed by atoms with Crippen LogP contribution in [0.25, 0.3) is 0 Å². The Kier molecular flexibility index (Phi) is 5.34. The summed E-state index contributed by atoms with van der Waals surface area (Å²) in [4.78, 5) is 22.2. The van der Waals surface area contributed by atoms with Gasteiger partial charge in [-0.05, 0) is 49.1 Å². The normalized spacial score (nSPS) is 11.2. The number of carboxylic acid groups (broad SMARTS) is 1. The summed E-state index contributed by atoms with van der Waals surface area (Å²) in [5.74, 6) is -0.868. The summed E-state index contributed by atoms with van der Waals surface area (Å²) in [6.45, 7) is 3.69. The Labute approximate surface area is 111 Å². The molecule has 1 rings (SSSR count). The van der Waals surface area contributed by atoms with E-state index in [4.69, 9.17) is 5.11 Å². The number of aryl methyl sites for hydroxylation is 1. The van der Waals surface area contributed by atoms with E-state index in [0.29, 0.717) is 12.8 Å². The van der Waals surface area contributed by atoms with Crippen molar-refractivity contribution in [2.45, 2.75) is 45.1 Å². The molecule has 1 aromatic heterocycles. The van der Waals surface area contributed by atoms with Gasteiger partial charge in [0.25, 0.3) is 0 Å². The first-order valence-electron chi connectivity index (χ1n) is 5.93. The molecule has 0 aliphatic heterocycles. The fraction of sp³-hybridized carbons (Fsp3) is 0.538. The van der Waals surface area contributed by atoms with Gasteiger partial charge in [-0.25, -0.2) is 0 Å². The fourth-order valence-electron chi connectivity index (χ4n) is 1.61. The molecule has 0 radical (unpaired) electrons. The summed E-state index contributed by atoms with van der Waals surface area (Å²) < 4.78 is 0. The van der Waals surface area contributed by atoms with Gasteiger partial charge in [-0.3, -0.25) is 9.59 Å². The van der Waals surface area contributed by atoms with Gasteiger partial charge < -0.3 is 10.4 Å². The highest BCUT2D eigenvalue weighted by Crippen LogP contribution is 2.13. The molecular formula is C13H19NO3S. The molecule has 5 heteroatoms. The molecule has 0 atom stereocenters. The SMILES string of the molecule is CC(C)(CCC(=O)O)NC(=O)CCc1ccsc1. The molecule has 18 heavy (non-hydrogen) atoms. The Hall–Kier alpha value is -1.36. The van der Waals surface area contributed by atoms with Gasteiger partial charge in [0.1, 0.15) is 0 Å². The molecule has 0 aliphatic rings. The summed E-state index contributed by atoms with van der Waals surface area (Å²) >= 11 is 1.62. The molecule has 0 aromatic carbocycles. The molecule has 4 nitrogen and oxygen atoms in total. The van der Waals surface area contributed by atoms with Crippen molar-refractivity contribution in [3.63, 3.8) is 0 Å². The quantitative estimate of drug-likeness (QED) is 0.799. The van der Waals surface area contributed by atoms with Crippen molar-refractivity contribution in [2.24, 2.45) is 0 Å². The van der Waals surface area contributed by atoms with E-state index in [1.54, 1.807) is 11.3 Å². The monoisotopic (exact) mass is 269 g/mol. The fourth-order valence-corrected chi connectivity index (χ4v) is 2.32. The summed E-state index contributed by atoms with van der Waals surface area (Å²) in [5.41, 5.74) is 0.697. The highest BCUT2D eigenvalue weighted by Gasteiger charge is 2.21. The van der Waals surface area contributed by atoms with Gasteiger partial charge in [-0.15, -0.1) is 0 Å². The summed E-state index contributed by atoms with van der Waals surface area (Å²) in [5, 5.41) is 15.5. The van der Waals surface area contributed by atoms with E-state index in [1.165, 1.54) is 5.56 Å². The molecule has 0 saturated heterocycles. The van der Waals surface area contributed by atoms with Gasteiger partial charge in [0, 0.05) is 18.4 Å². The number of hydrogen-bond donors (Lipinski definition) is 2. The van der Waals surface area contributed by atoms with Crippen LogP contribution in [0.5, 0.6) is 0 Å². The Bertz CT molecular complexity index is 398. The van der Waals surface area contributed by atoms with Gasteiger partial charge in [-0.2, -0.15) is 11.3 Å². The van der Waals surface area contributed by atoms with Crippen LogP contribution in [0.1, 0.15) is 38.7 Å². The molecule has 0 unspecified atom stereocenters. The molecule has 0 aliphatic carbocycles. The van der Waals surface area contributed by atoms with Crippen molar-refractivity contribution in [2.75, 3.05) is 0 Å². The minimum Gasteiger partial charge on any atom is -0.481 e. The number of carbonyl (C=O) groups excluding carboxylic acids is 1. The van der Waals surface area contributed by atoms with Crippen LogP contribution < -0.4 is 5.32 Å². The molecule has 1 heterocycles. The maximum atomic E-state index is 11.7. The van der Waals surface area contributed by atoms with E-state index in [1.807, 2.05) is 30.7 Å². The minimum absolute atomic E-state index is 0.0309. The third-order valence-electron chi connectivity index (χ3n) is 2.66. The first-order chi connectivity index (χ1) is 8.39. The predicted molar refractivity (Wildman–Crippen MR) is 71.7 cm³/mol. The Morgan fingerprint density at radius 3 is 2.67 bits per heavy atom. The Morgan fingerprint density at radius 2 is 2.11 bits per heavy atom. The number of nitrogens with one attached hydrogen (secondary N) is 1. The smallest absolute Gasteiger partial charge is 0.303 e. The summed E-state index contributed by atoms with van der Waals surface area (Å²) in [6, 6.07) is 2.01. The second-order valence-corrected chi connectivity index (χ2v) is 5.74. The Balaban J connectivity index is 2.31. The van der Waals surface area contributed by atoms with Crippen molar-refractivity contribution in [1.82, 2.24) is 5.32 Å². The van der Waals surface area contributed by atoms with Crippen LogP contribution in [0.4, 0.5) is 0 Å². The largest absolute Gasteiger partial charge is 0.481 e. The van der Waals surface area contributed by atoms with E-state index in [2.05, 4.69) is 5.32 Å². The van der Waals surface area contributed by atoms with Gasteiger partial charge in [0.15, 0.2) is 0 Å². The topological polar surface area (TPSA) is 66.4 Å². The maximum absolute atomic E-state index is 11.7. The van der Waals surface area contributed by atoms with Crippen LogP contribution in [0.2, 0.25) is 0 Å².